The van der Waals surface area contributed by atoms with Crippen LogP contribution in [0.25, 0.3) is 0 Å². The van der Waals surface area contributed by atoms with Crippen LogP contribution in [0.4, 0.5) is 5.69 Å². The molecular weight excluding hydrogens is 318 g/mol. The lowest BCUT2D eigenvalue weighted by Crippen LogP contribution is -2.28. The number of hydrazone groups is 1. The molecule has 0 atom stereocenters. The maximum atomic E-state index is 12.0. The number of carbonyl (C=O) groups is 2. The molecular formula is C19H29N3O3. The molecule has 2 N–H and O–H groups in total. The first-order valence-electron chi connectivity index (χ1n) is 8.92. The quantitative estimate of drug-likeness (QED) is 0.470. The summed E-state index contributed by atoms with van der Waals surface area (Å²) in [6, 6.07) is 8.25. The Morgan fingerprint density at radius 3 is 2.28 bits per heavy atom. The number of amides is 1. The van der Waals surface area contributed by atoms with Crippen LogP contribution in [0.2, 0.25) is 0 Å². The van der Waals surface area contributed by atoms with Gasteiger partial charge in [-0.05, 0) is 44.4 Å². The van der Waals surface area contributed by atoms with Gasteiger partial charge in [0.15, 0.2) is 0 Å². The van der Waals surface area contributed by atoms with Crippen LogP contribution in [0.1, 0.15) is 51.5 Å². The van der Waals surface area contributed by atoms with Crippen molar-refractivity contribution in [1.29, 1.82) is 0 Å². The van der Waals surface area contributed by atoms with Crippen LogP contribution in [0.5, 0.6) is 0 Å². The minimum Gasteiger partial charge on any atom is -0.483 e. The van der Waals surface area contributed by atoms with Crippen LogP contribution in [-0.4, -0.2) is 36.8 Å². The number of hydrogen-bond acceptors (Lipinski definition) is 4. The summed E-state index contributed by atoms with van der Waals surface area (Å²) in [6.07, 6.45) is 7.29. The third kappa shape index (κ3) is 7.37. The van der Waals surface area contributed by atoms with Crippen LogP contribution < -0.4 is 10.3 Å². The Morgan fingerprint density at radius 2 is 1.76 bits per heavy atom. The number of nitrogens with zero attached hydrogens (tertiary/aromatic N) is 2. The van der Waals surface area contributed by atoms with Crippen LogP contribution in [0, 0.1) is 5.92 Å². The highest BCUT2D eigenvalue weighted by atomic mass is 16.3. The summed E-state index contributed by atoms with van der Waals surface area (Å²) < 4.78 is 0. The van der Waals surface area contributed by atoms with E-state index in [-0.39, 0.29) is 18.3 Å². The molecule has 0 radical (unpaired) electrons. The second kappa shape index (κ2) is 12.1. The third-order valence-corrected chi connectivity index (χ3v) is 4.39. The van der Waals surface area contributed by atoms with Crippen molar-refractivity contribution in [2.75, 3.05) is 18.0 Å². The highest BCUT2D eigenvalue weighted by Gasteiger charge is 2.20. The SMILES string of the molecule is CCN(CC)c1ccc(/C=N/NC(=O)C2CCCCC2)cc1.O=CO. The van der Waals surface area contributed by atoms with Gasteiger partial charge in [-0.25, -0.2) is 5.43 Å². The van der Waals surface area contributed by atoms with E-state index in [4.69, 9.17) is 9.90 Å². The fourth-order valence-electron chi connectivity index (χ4n) is 2.99. The molecule has 1 fully saturated rings. The molecule has 1 amide bonds. The predicted octanol–water partition coefficient (Wildman–Crippen LogP) is 3.26. The summed E-state index contributed by atoms with van der Waals surface area (Å²) in [5.41, 5.74) is 4.90. The summed E-state index contributed by atoms with van der Waals surface area (Å²) in [6.45, 7) is 6.06. The Bertz CT molecular complexity index is 533. The normalized spacial score (nSPS) is 14.5. The number of anilines is 1. The molecule has 1 aromatic rings. The molecule has 1 saturated carbocycles. The minimum atomic E-state index is -0.250. The number of carboxylic acid groups (broad SMARTS) is 1. The van der Waals surface area contributed by atoms with Gasteiger partial charge in [0.1, 0.15) is 0 Å². The minimum absolute atomic E-state index is 0.0655. The molecule has 0 saturated heterocycles. The van der Waals surface area contributed by atoms with E-state index in [1.807, 2.05) is 12.1 Å². The van der Waals surface area contributed by atoms with Gasteiger partial charge in [0.25, 0.3) is 6.47 Å². The Kier molecular flexibility index (Phi) is 9.97. The van der Waals surface area contributed by atoms with Crippen LogP contribution >= 0.6 is 0 Å². The second-order valence-electron chi connectivity index (χ2n) is 5.94. The third-order valence-electron chi connectivity index (χ3n) is 4.39. The first kappa shape index (κ1) is 20.7. The molecule has 0 spiro atoms. The molecule has 1 aliphatic carbocycles. The van der Waals surface area contributed by atoms with E-state index in [2.05, 4.69) is 41.4 Å². The van der Waals surface area contributed by atoms with Gasteiger partial charge >= 0.3 is 0 Å². The van der Waals surface area contributed by atoms with E-state index in [1.165, 1.54) is 12.1 Å². The monoisotopic (exact) mass is 347 g/mol. The van der Waals surface area contributed by atoms with Gasteiger partial charge in [0, 0.05) is 24.7 Å². The van der Waals surface area contributed by atoms with E-state index in [0.29, 0.717) is 0 Å². The van der Waals surface area contributed by atoms with E-state index < -0.39 is 0 Å². The molecule has 6 heteroatoms. The van der Waals surface area contributed by atoms with Gasteiger partial charge in [-0.15, -0.1) is 0 Å². The van der Waals surface area contributed by atoms with Crippen LogP contribution in [0.3, 0.4) is 0 Å². The number of carbonyl (C=O) groups excluding carboxylic acids is 1. The number of hydrogen-bond donors (Lipinski definition) is 2. The fourth-order valence-corrected chi connectivity index (χ4v) is 2.99. The van der Waals surface area contributed by atoms with Gasteiger partial charge in [0.05, 0.1) is 6.21 Å². The first-order valence-corrected chi connectivity index (χ1v) is 8.92. The molecule has 0 unspecified atom stereocenters. The molecule has 0 aromatic heterocycles. The van der Waals surface area contributed by atoms with Crippen molar-refractivity contribution in [1.82, 2.24) is 5.43 Å². The lowest BCUT2D eigenvalue weighted by atomic mass is 9.89. The van der Waals surface area contributed by atoms with Crippen molar-refractivity contribution >= 4 is 24.3 Å². The lowest BCUT2D eigenvalue weighted by molar-refractivity contribution is -0.126. The lowest BCUT2D eigenvalue weighted by Gasteiger charge is -2.20. The zero-order valence-corrected chi connectivity index (χ0v) is 15.1. The first-order chi connectivity index (χ1) is 12.2. The van der Waals surface area contributed by atoms with E-state index >= 15 is 0 Å². The van der Waals surface area contributed by atoms with Gasteiger partial charge in [0.2, 0.25) is 5.91 Å². The van der Waals surface area contributed by atoms with Crippen molar-refractivity contribution in [2.45, 2.75) is 46.0 Å². The Balaban J connectivity index is 0.000000970. The predicted molar refractivity (Wildman–Crippen MR) is 101 cm³/mol. The Labute approximate surface area is 149 Å². The number of benzene rings is 1. The van der Waals surface area contributed by atoms with Crippen molar-refractivity contribution in [3.8, 4) is 0 Å². The summed E-state index contributed by atoms with van der Waals surface area (Å²) >= 11 is 0. The Hall–Kier alpha value is -2.37. The highest BCUT2D eigenvalue weighted by Crippen LogP contribution is 2.23. The van der Waals surface area contributed by atoms with Crippen molar-refractivity contribution in [3.63, 3.8) is 0 Å². The molecule has 1 aromatic carbocycles. The maximum absolute atomic E-state index is 12.0. The standard InChI is InChI=1S/C18H27N3O.CH2O2/c1-3-21(4-2)17-12-10-15(11-13-17)14-19-20-18(22)16-8-6-5-7-9-16;2-1-3/h10-14,16H,3-9H2,1-2H3,(H,20,22);1H,(H,2,3)/b19-14+;. The van der Waals surface area contributed by atoms with E-state index in [9.17, 15) is 4.79 Å². The summed E-state index contributed by atoms with van der Waals surface area (Å²) in [4.78, 5) is 22.6. The summed E-state index contributed by atoms with van der Waals surface area (Å²) in [7, 11) is 0. The highest BCUT2D eigenvalue weighted by molar-refractivity contribution is 5.83. The molecule has 6 nitrogen and oxygen atoms in total. The fraction of sp³-hybridized carbons (Fsp3) is 0.526. The number of rotatable bonds is 6. The summed E-state index contributed by atoms with van der Waals surface area (Å²) in [5, 5.41) is 11.0. The Morgan fingerprint density at radius 1 is 1.20 bits per heavy atom. The maximum Gasteiger partial charge on any atom is 0.290 e. The average Bonchev–Trinajstić information content (AvgIpc) is 2.65. The van der Waals surface area contributed by atoms with Crippen LogP contribution in [0.15, 0.2) is 29.4 Å². The summed E-state index contributed by atoms with van der Waals surface area (Å²) in [5.74, 6) is 0.214. The molecule has 0 heterocycles. The second-order valence-corrected chi connectivity index (χ2v) is 5.94. The van der Waals surface area contributed by atoms with E-state index in [0.717, 1.165) is 44.3 Å². The zero-order valence-electron chi connectivity index (χ0n) is 15.1. The molecule has 1 aliphatic rings. The van der Waals surface area contributed by atoms with Gasteiger partial charge in [-0.1, -0.05) is 31.4 Å². The smallest absolute Gasteiger partial charge is 0.290 e. The zero-order chi connectivity index (χ0) is 18.5. The average molecular weight is 347 g/mol. The molecule has 0 aliphatic heterocycles. The number of nitrogens with one attached hydrogen (secondary N) is 1. The van der Waals surface area contributed by atoms with Crippen molar-refractivity contribution in [3.05, 3.63) is 29.8 Å². The molecule has 138 valence electrons. The van der Waals surface area contributed by atoms with Crippen LogP contribution in [-0.2, 0) is 9.59 Å². The largest absolute Gasteiger partial charge is 0.483 e. The van der Waals surface area contributed by atoms with E-state index in [1.54, 1.807) is 6.21 Å². The van der Waals surface area contributed by atoms with Gasteiger partial charge < -0.3 is 10.0 Å². The topological polar surface area (TPSA) is 82.0 Å². The molecule has 0 bridgehead atoms. The molecule has 2 rings (SSSR count). The molecule has 25 heavy (non-hydrogen) atoms. The van der Waals surface area contributed by atoms with Crippen molar-refractivity contribution < 1.29 is 14.7 Å². The van der Waals surface area contributed by atoms with Crippen molar-refractivity contribution in [2.24, 2.45) is 11.0 Å². The van der Waals surface area contributed by atoms with Gasteiger partial charge in [-0.3, -0.25) is 9.59 Å². The van der Waals surface area contributed by atoms with Gasteiger partial charge in [-0.2, -0.15) is 5.10 Å².